The molecule has 1 unspecified atom stereocenters. The molecule has 0 aromatic carbocycles. The Labute approximate surface area is 140 Å². The van der Waals surface area contributed by atoms with Crippen LogP contribution in [0.3, 0.4) is 0 Å². The highest BCUT2D eigenvalue weighted by Gasteiger charge is 2.31. The van der Waals surface area contributed by atoms with Crippen LogP contribution in [0.4, 0.5) is 0 Å². The summed E-state index contributed by atoms with van der Waals surface area (Å²) in [5.41, 5.74) is 1.15. The summed E-state index contributed by atoms with van der Waals surface area (Å²) in [5, 5.41) is 3.29. The monoisotopic (exact) mass is 337 g/mol. The van der Waals surface area contributed by atoms with E-state index in [1.807, 2.05) is 6.08 Å². The number of morpholine rings is 1. The summed E-state index contributed by atoms with van der Waals surface area (Å²) in [6.45, 7) is 4.17. The zero-order chi connectivity index (χ0) is 16.2. The van der Waals surface area contributed by atoms with Crippen molar-refractivity contribution in [2.45, 2.75) is 18.2 Å². The molecule has 0 bridgehead atoms. The number of thioether (sulfide) groups is 1. The van der Waals surface area contributed by atoms with Gasteiger partial charge in [-0.05, 0) is 18.6 Å². The predicted molar refractivity (Wildman–Crippen MR) is 89.8 cm³/mol. The minimum atomic E-state index is 0.0744. The highest BCUT2D eigenvalue weighted by molar-refractivity contribution is 8.03. The molecule has 6 nitrogen and oxygen atoms in total. The zero-order valence-corrected chi connectivity index (χ0v) is 14.2. The Morgan fingerprint density at radius 2 is 2.17 bits per heavy atom. The molecule has 3 rings (SSSR count). The van der Waals surface area contributed by atoms with Crippen LogP contribution < -0.4 is 5.32 Å². The summed E-state index contributed by atoms with van der Waals surface area (Å²) >= 11 is 1.75. The lowest BCUT2D eigenvalue weighted by molar-refractivity contribution is -0.123. The van der Waals surface area contributed by atoms with Gasteiger partial charge in [0.15, 0.2) is 5.78 Å². The molecule has 1 N–H and O–H groups in total. The highest BCUT2D eigenvalue weighted by Crippen LogP contribution is 2.42. The zero-order valence-electron chi connectivity index (χ0n) is 13.4. The van der Waals surface area contributed by atoms with E-state index in [4.69, 9.17) is 4.74 Å². The molecule has 0 spiro atoms. The summed E-state index contributed by atoms with van der Waals surface area (Å²) in [5.74, 6) is 0.245. The Bertz CT molecular complexity index is 541. The largest absolute Gasteiger partial charge is 0.379 e. The normalized spacial score (nSPS) is 25.0. The molecule has 7 heteroatoms. The second kappa shape index (κ2) is 7.51. The van der Waals surface area contributed by atoms with E-state index in [9.17, 15) is 9.59 Å². The van der Waals surface area contributed by atoms with Gasteiger partial charge in [-0.15, -0.1) is 11.8 Å². The third kappa shape index (κ3) is 4.16. The average molecular weight is 337 g/mol. The SMILES string of the molecule is CN1C2=C(CC(=O)C=C2)SC1CCNC(=O)CN1CCOCC1. The molecule has 1 amide bonds. The summed E-state index contributed by atoms with van der Waals surface area (Å²) < 4.78 is 5.28. The first-order valence-corrected chi connectivity index (χ1v) is 8.92. The highest BCUT2D eigenvalue weighted by atomic mass is 32.2. The van der Waals surface area contributed by atoms with Crippen molar-refractivity contribution in [3.05, 3.63) is 22.8 Å². The number of ether oxygens (including phenoxy) is 1. The average Bonchev–Trinajstić information content (AvgIpc) is 2.84. The fraction of sp³-hybridized carbons (Fsp3) is 0.625. The Balaban J connectivity index is 1.39. The van der Waals surface area contributed by atoms with E-state index in [1.165, 1.54) is 0 Å². The molecule has 0 aromatic rings. The number of hydrogen-bond acceptors (Lipinski definition) is 6. The fourth-order valence-electron chi connectivity index (χ4n) is 2.99. The maximum atomic E-state index is 12.0. The van der Waals surface area contributed by atoms with E-state index in [-0.39, 0.29) is 11.7 Å². The number of nitrogens with one attached hydrogen (secondary N) is 1. The molecule has 2 heterocycles. The molecule has 0 aromatic heterocycles. The first-order valence-electron chi connectivity index (χ1n) is 8.04. The van der Waals surface area contributed by atoms with Gasteiger partial charge in [-0.3, -0.25) is 14.5 Å². The van der Waals surface area contributed by atoms with Crippen molar-refractivity contribution in [1.82, 2.24) is 15.1 Å². The number of ketones is 1. The number of carbonyl (C=O) groups is 2. The molecule has 1 aliphatic carbocycles. The quantitative estimate of drug-likeness (QED) is 0.791. The van der Waals surface area contributed by atoms with Crippen molar-refractivity contribution in [3.63, 3.8) is 0 Å². The van der Waals surface area contributed by atoms with Crippen molar-refractivity contribution >= 4 is 23.5 Å². The molecule has 1 fully saturated rings. The molecule has 3 aliphatic rings. The van der Waals surface area contributed by atoms with E-state index in [0.717, 1.165) is 30.1 Å². The minimum Gasteiger partial charge on any atom is -0.379 e. The third-order valence-corrected chi connectivity index (χ3v) is 5.78. The number of amides is 1. The Kier molecular flexibility index (Phi) is 5.40. The predicted octanol–water partition coefficient (Wildman–Crippen LogP) is 0.570. The second-order valence-corrected chi connectivity index (χ2v) is 7.27. The van der Waals surface area contributed by atoms with Gasteiger partial charge in [0.2, 0.25) is 5.91 Å². The molecule has 1 atom stereocenters. The molecule has 1 saturated heterocycles. The van der Waals surface area contributed by atoms with Crippen molar-refractivity contribution in [2.24, 2.45) is 0 Å². The van der Waals surface area contributed by atoms with Gasteiger partial charge in [0.05, 0.1) is 25.1 Å². The molecular formula is C16H23N3O3S. The number of likely N-dealkylation sites (N-methyl/N-ethyl adjacent to an activating group) is 1. The second-order valence-electron chi connectivity index (χ2n) is 6.00. The van der Waals surface area contributed by atoms with Crippen LogP contribution in [0, 0.1) is 0 Å². The molecule has 23 heavy (non-hydrogen) atoms. The Hall–Kier alpha value is -1.31. The number of nitrogens with zero attached hydrogens (tertiary/aromatic N) is 2. The van der Waals surface area contributed by atoms with Crippen LogP contribution >= 0.6 is 11.8 Å². The number of carbonyl (C=O) groups excluding carboxylic acids is 2. The first kappa shape index (κ1) is 16.5. The summed E-state index contributed by atoms with van der Waals surface area (Å²) in [6.07, 6.45) is 4.94. The van der Waals surface area contributed by atoms with E-state index in [1.54, 1.807) is 17.8 Å². The van der Waals surface area contributed by atoms with Crippen molar-refractivity contribution < 1.29 is 14.3 Å². The van der Waals surface area contributed by atoms with E-state index >= 15 is 0 Å². The van der Waals surface area contributed by atoms with Gasteiger partial charge in [0.25, 0.3) is 0 Å². The molecule has 126 valence electrons. The number of hydrogen-bond donors (Lipinski definition) is 1. The van der Waals surface area contributed by atoms with Gasteiger partial charge < -0.3 is 15.0 Å². The van der Waals surface area contributed by atoms with Crippen LogP contribution in [-0.4, -0.2) is 73.3 Å². The van der Waals surface area contributed by atoms with Gasteiger partial charge in [-0.25, -0.2) is 0 Å². The minimum absolute atomic E-state index is 0.0744. The summed E-state index contributed by atoms with van der Waals surface area (Å²) in [4.78, 5) is 28.9. The van der Waals surface area contributed by atoms with Crippen molar-refractivity contribution in [2.75, 3.05) is 46.4 Å². The van der Waals surface area contributed by atoms with Gasteiger partial charge in [0.1, 0.15) is 0 Å². The lowest BCUT2D eigenvalue weighted by Gasteiger charge is -2.26. The van der Waals surface area contributed by atoms with Gasteiger partial charge in [-0.1, -0.05) is 0 Å². The van der Waals surface area contributed by atoms with Crippen LogP contribution in [0.5, 0.6) is 0 Å². The van der Waals surface area contributed by atoms with Gasteiger partial charge >= 0.3 is 0 Å². The standard InChI is InChI=1S/C16H23N3O3S/c1-18-13-3-2-12(20)10-14(13)23-16(18)4-5-17-15(21)11-19-6-8-22-9-7-19/h2-3,16H,4-11H2,1H3,(H,17,21). The molecule has 0 radical (unpaired) electrons. The topological polar surface area (TPSA) is 61.9 Å². The van der Waals surface area contributed by atoms with Gasteiger partial charge in [0, 0.05) is 43.7 Å². The smallest absolute Gasteiger partial charge is 0.234 e. The van der Waals surface area contributed by atoms with Crippen LogP contribution in [0.2, 0.25) is 0 Å². The Morgan fingerprint density at radius 3 is 2.96 bits per heavy atom. The van der Waals surface area contributed by atoms with Crippen molar-refractivity contribution in [1.29, 1.82) is 0 Å². The van der Waals surface area contributed by atoms with Crippen LogP contribution in [0.15, 0.2) is 22.8 Å². The van der Waals surface area contributed by atoms with Crippen LogP contribution in [0.25, 0.3) is 0 Å². The fourth-order valence-corrected chi connectivity index (χ4v) is 4.39. The van der Waals surface area contributed by atoms with Crippen molar-refractivity contribution in [3.8, 4) is 0 Å². The van der Waals surface area contributed by atoms with E-state index in [2.05, 4.69) is 22.2 Å². The maximum absolute atomic E-state index is 12.0. The first-order chi connectivity index (χ1) is 11.1. The Morgan fingerprint density at radius 1 is 1.39 bits per heavy atom. The van der Waals surface area contributed by atoms with E-state index in [0.29, 0.717) is 38.1 Å². The summed E-state index contributed by atoms with van der Waals surface area (Å²) in [7, 11) is 2.05. The lowest BCUT2D eigenvalue weighted by atomic mass is 10.1. The van der Waals surface area contributed by atoms with E-state index < -0.39 is 0 Å². The number of rotatable bonds is 5. The van der Waals surface area contributed by atoms with Gasteiger partial charge in [-0.2, -0.15) is 0 Å². The lowest BCUT2D eigenvalue weighted by Crippen LogP contribution is -2.43. The van der Waals surface area contributed by atoms with Crippen LogP contribution in [-0.2, 0) is 14.3 Å². The maximum Gasteiger partial charge on any atom is 0.234 e. The summed E-state index contributed by atoms with van der Waals surface area (Å²) in [6, 6.07) is 0. The van der Waals surface area contributed by atoms with Crippen LogP contribution in [0.1, 0.15) is 12.8 Å². The molecule has 2 aliphatic heterocycles. The molecule has 0 saturated carbocycles. The molecular weight excluding hydrogens is 314 g/mol. The third-order valence-electron chi connectivity index (χ3n) is 4.32. The number of allylic oxidation sites excluding steroid dienone is 3.